The molecular formula is C9H16F3NS. The number of halogens is 3. The minimum absolute atomic E-state index is 0.576. The summed E-state index contributed by atoms with van der Waals surface area (Å²) in [5.74, 6) is 0. The quantitative estimate of drug-likeness (QED) is 0.635. The van der Waals surface area contributed by atoms with Gasteiger partial charge in [0.1, 0.15) is 0 Å². The van der Waals surface area contributed by atoms with Gasteiger partial charge in [-0.15, -0.1) is 11.3 Å². The molecule has 0 aromatic carbocycles. The molecule has 1 heterocycles. The van der Waals surface area contributed by atoms with Crippen LogP contribution in [-0.4, -0.2) is 4.98 Å². The topological polar surface area (TPSA) is 12.9 Å². The van der Waals surface area contributed by atoms with Crippen LogP contribution in [0.3, 0.4) is 0 Å². The largest absolute Gasteiger partial charge is 0.443 e. The lowest BCUT2D eigenvalue weighted by Crippen LogP contribution is -2.02. The van der Waals surface area contributed by atoms with Crippen molar-refractivity contribution in [2.24, 2.45) is 0 Å². The number of alkyl halides is 3. The minimum atomic E-state index is -4.28. The normalized spacial score (nSPS) is 9.43. The zero-order chi connectivity index (χ0) is 11.8. The van der Waals surface area contributed by atoms with Crippen molar-refractivity contribution in [1.29, 1.82) is 0 Å². The van der Waals surface area contributed by atoms with E-state index in [-0.39, 0.29) is 0 Å². The van der Waals surface area contributed by atoms with Gasteiger partial charge in [0.15, 0.2) is 5.01 Å². The fourth-order valence-electron chi connectivity index (χ4n) is 0.486. The Morgan fingerprint density at radius 2 is 1.57 bits per heavy atom. The van der Waals surface area contributed by atoms with Crippen LogP contribution >= 0.6 is 11.3 Å². The maximum atomic E-state index is 11.7. The molecule has 0 aliphatic heterocycles. The highest BCUT2D eigenvalue weighted by molar-refractivity contribution is 7.11. The Balaban J connectivity index is 0. The van der Waals surface area contributed by atoms with Crippen LogP contribution in [0.4, 0.5) is 13.2 Å². The van der Waals surface area contributed by atoms with Gasteiger partial charge in [0.2, 0.25) is 0 Å². The zero-order valence-electron chi connectivity index (χ0n) is 9.07. The van der Waals surface area contributed by atoms with Crippen LogP contribution in [0, 0.1) is 6.92 Å². The van der Waals surface area contributed by atoms with Crippen LogP contribution in [0.2, 0.25) is 0 Å². The Bertz CT molecular complexity index is 230. The van der Waals surface area contributed by atoms with E-state index in [4.69, 9.17) is 0 Å². The molecule has 1 aromatic heterocycles. The van der Waals surface area contributed by atoms with Crippen LogP contribution in [0.5, 0.6) is 0 Å². The lowest BCUT2D eigenvalue weighted by Gasteiger charge is -1.98. The number of thiazole rings is 1. The molecule has 0 spiro atoms. The SMILES string of the molecule is CC.CC.Cc1cnc(C(F)(F)F)s1. The van der Waals surface area contributed by atoms with E-state index in [0.29, 0.717) is 16.2 Å². The number of nitrogens with zero attached hydrogens (tertiary/aromatic N) is 1. The average Bonchev–Trinajstić information content (AvgIpc) is 2.58. The second-order valence-corrected chi connectivity index (χ2v) is 3.01. The first-order valence-electron chi connectivity index (χ1n) is 4.50. The van der Waals surface area contributed by atoms with Crippen LogP contribution < -0.4 is 0 Å². The molecule has 1 rings (SSSR count). The summed E-state index contributed by atoms with van der Waals surface area (Å²) in [6.45, 7) is 9.59. The third kappa shape index (κ3) is 5.96. The van der Waals surface area contributed by atoms with Crippen LogP contribution in [-0.2, 0) is 6.18 Å². The summed E-state index contributed by atoms with van der Waals surface area (Å²) in [5.41, 5.74) is 0. The molecule has 0 saturated heterocycles. The Hall–Kier alpha value is -0.580. The molecule has 0 fully saturated rings. The number of aryl methyl sites for hydroxylation is 1. The van der Waals surface area contributed by atoms with Crippen LogP contribution in [0.15, 0.2) is 6.20 Å². The van der Waals surface area contributed by atoms with Gasteiger partial charge in [-0.2, -0.15) is 13.2 Å². The van der Waals surface area contributed by atoms with Crippen molar-refractivity contribution in [3.8, 4) is 0 Å². The highest BCUT2D eigenvalue weighted by atomic mass is 32.1. The minimum Gasteiger partial charge on any atom is -0.240 e. The summed E-state index contributed by atoms with van der Waals surface area (Å²) in [6.07, 6.45) is -3.06. The first-order valence-corrected chi connectivity index (χ1v) is 5.31. The van der Waals surface area contributed by atoms with Crippen molar-refractivity contribution in [1.82, 2.24) is 4.98 Å². The zero-order valence-corrected chi connectivity index (χ0v) is 9.88. The summed E-state index contributed by atoms with van der Waals surface area (Å²) in [6, 6.07) is 0. The standard InChI is InChI=1S/C5H4F3NS.2C2H6/c1-3-2-9-4(10-3)5(6,7)8;2*1-2/h2H,1H3;2*1-2H3. The Morgan fingerprint density at radius 3 is 1.71 bits per heavy atom. The molecule has 84 valence electrons. The molecule has 0 amide bonds. The summed E-state index contributed by atoms with van der Waals surface area (Å²) >= 11 is 0.659. The predicted octanol–water partition coefficient (Wildman–Crippen LogP) is 4.52. The van der Waals surface area contributed by atoms with Gasteiger partial charge >= 0.3 is 6.18 Å². The van der Waals surface area contributed by atoms with E-state index >= 15 is 0 Å². The first kappa shape index (κ1) is 15.9. The molecular weight excluding hydrogens is 211 g/mol. The van der Waals surface area contributed by atoms with E-state index in [1.807, 2.05) is 27.7 Å². The Kier molecular flexibility index (Phi) is 8.83. The number of rotatable bonds is 0. The predicted molar refractivity (Wildman–Crippen MR) is 54.5 cm³/mol. The average molecular weight is 227 g/mol. The lowest BCUT2D eigenvalue weighted by molar-refractivity contribution is -0.137. The fourth-order valence-corrected chi connectivity index (χ4v) is 1.12. The molecule has 0 atom stereocenters. The van der Waals surface area contributed by atoms with Gasteiger partial charge in [0, 0.05) is 11.1 Å². The van der Waals surface area contributed by atoms with E-state index in [1.165, 1.54) is 6.20 Å². The summed E-state index contributed by atoms with van der Waals surface area (Å²) in [7, 11) is 0. The van der Waals surface area contributed by atoms with Gasteiger partial charge in [-0.1, -0.05) is 27.7 Å². The molecule has 1 aromatic rings. The number of hydrogen-bond donors (Lipinski definition) is 0. The molecule has 1 nitrogen and oxygen atoms in total. The van der Waals surface area contributed by atoms with Gasteiger partial charge in [0.25, 0.3) is 0 Å². The molecule has 0 unspecified atom stereocenters. The number of hydrogen-bond acceptors (Lipinski definition) is 2. The molecule has 14 heavy (non-hydrogen) atoms. The van der Waals surface area contributed by atoms with Gasteiger partial charge in [0.05, 0.1) is 0 Å². The van der Waals surface area contributed by atoms with Crippen LogP contribution in [0.25, 0.3) is 0 Å². The van der Waals surface area contributed by atoms with Gasteiger partial charge in [-0.05, 0) is 6.92 Å². The molecule has 0 radical (unpaired) electrons. The summed E-state index contributed by atoms with van der Waals surface area (Å²) in [4.78, 5) is 3.76. The van der Waals surface area contributed by atoms with Crippen molar-refractivity contribution < 1.29 is 13.2 Å². The van der Waals surface area contributed by atoms with E-state index in [0.717, 1.165) is 0 Å². The van der Waals surface area contributed by atoms with Crippen molar-refractivity contribution in [3.63, 3.8) is 0 Å². The van der Waals surface area contributed by atoms with Crippen molar-refractivity contribution in [3.05, 3.63) is 16.1 Å². The van der Waals surface area contributed by atoms with E-state index in [2.05, 4.69) is 4.98 Å². The molecule has 0 saturated carbocycles. The molecule has 0 aliphatic rings. The molecule has 0 bridgehead atoms. The maximum Gasteiger partial charge on any atom is 0.443 e. The monoisotopic (exact) mass is 227 g/mol. The fraction of sp³-hybridized carbons (Fsp3) is 0.667. The van der Waals surface area contributed by atoms with Crippen molar-refractivity contribution in [2.45, 2.75) is 40.8 Å². The van der Waals surface area contributed by atoms with Crippen molar-refractivity contribution in [2.75, 3.05) is 0 Å². The van der Waals surface area contributed by atoms with Gasteiger partial charge < -0.3 is 0 Å². The third-order valence-electron chi connectivity index (χ3n) is 0.864. The first-order chi connectivity index (χ1) is 6.50. The second kappa shape index (κ2) is 7.79. The summed E-state index contributed by atoms with van der Waals surface area (Å²) in [5, 5.41) is -0.773. The lowest BCUT2D eigenvalue weighted by atomic mass is 10.6. The maximum absolute atomic E-state index is 11.7. The molecule has 0 N–H and O–H groups in total. The van der Waals surface area contributed by atoms with Crippen LogP contribution in [0.1, 0.15) is 37.6 Å². The highest BCUT2D eigenvalue weighted by Gasteiger charge is 2.33. The van der Waals surface area contributed by atoms with E-state index in [1.54, 1.807) is 6.92 Å². The smallest absolute Gasteiger partial charge is 0.240 e. The molecule has 5 heteroatoms. The van der Waals surface area contributed by atoms with Crippen molar-refractivity contribution >= 4 is 11.3 Å². The second-order valence-electron chi connectivity index (χ2n) is 1.77. The number of aromatic nitrogens is 1. The summed E-state index contributed by atoms with van der Waals surface area (Å²) < 4.78 is 35.2. The Labute approximate surface area is 87.0 Å². The highest BCUT2D eigenvalue weighted by Crippen LogP contribution is 2.31. The Morgan fingerprint density at radius 1 is 1.14 bits per heavy atom. The van der Waals surface area contributed by atoms with Gasteiger partial charge in [-0.3, -0.25) is 0 Å². The van der Waals surface area contributed by atoms with E-state index in [9.17, 15) is 13.2 Å². The molecule has 0 aliphatic carbocycles. The van der Waals surface area contributed by atoms with Gasteiger partial charge in [-0.25, -0.2) is 4.98 Å². The van der Waals surface area contributed by atoms with E-state index < -0.39 is 11.2 Å². The third-order valence-corrected chi connectivity index (χ3v) is 1.82.